The van der Waals surface area contributed by atoms with Crippen LogP contribution in [0.2, 0.25) is 0 Å². The molecule has 2 nitrogen and oxygen atoms in total. The highest BCUT2D eigenvalue weighted by atomic mass is 79.9. The quantitative estimate of drug-likeness (QED) is 0.819. The number of alkyl halides is 3. The lowest BCUT2D eigenvalue weighted by molar-refractivity contribution is -0.138. The number of aromatic hydroxyl groups is 1. The van der Waals surface area contributed by atoms with E-state index in [2.05, 4.69) is 21.2 Å². The van der Waals surface area contributed by atoms with Crippen LogP contribution in [0.15, 0.2) is 16.6 Å². The normalized spacial score (nSPS) is 21.0. The summed E-state index contributed by atoms with van der Waals surface area (Å²) in [5, 5.41) is 12.7. The Kier molecular flexibility index (Phi) is 3.87. The first-order valence-corrected chi connectivity index (χ1v) is 6.52. The maximum absolute atomic E-state index is 12.8. The fraction of sp³-hybridized carbons (Fsp3) is 0.500. The average molecular weight is 324 g/mol. The van der Waals surface area contributed by atoms with E-state index in [4.69, 9.17) is 0 Å². The first kappa shape index (κ1) is 13.7. The molecule has 0 radical (unpaired) electrons. The molecule has 0 saturated carbocycles. The van der Waals surface area contributed by atoms with Gasteiger partial charge in [0.15, 0.2) is 0 Å². The molecule has 18 heavy (non-hydrogen) atoms. The Morgan fingerprint density at radius 2 is 2.00 bits per heavy atom. The highest BCUT2D eigenvalue weighted by Crippen LogP contribution is 2.42. The lowest BCUT2D eigenvalue weighted by atomic mass is 9.96. The summed E-state index contributed by atoms with van der Waals surface area (Å²) in [5.41, 5.74) is -0.425. The first-order chi connectivity index (χ1) is 8.39. The lowest BCUT2D eigenvalue weighted by Crippen LogP contribution is -2.27. The summed E-state index contributed by atoms with van der Waals surface area (Å²) in [6, 6.07) is 2.51. The van der Waals surface area contributed by atoms with Gasteiger partial charge in [-0.2, -0.15) is 13.2 Å². The van der Waals surface area contributed by atoms with E-state index in [1.807, 2.05) is 0 Å². The van der Waals surface area contributed by atoms with Gasteiger partial charge in [-0.05, 0) is 53.0 Å². The summed E-state index contributed by atoms with van der Waals surface area (Å²) in [6.45, 7) is 0.810. The van der Waals surface area contributed by atoms with Crippen LogP contribution in [0, 0.1) is 0 Å². The zero-order chi connectivity index (χ0) is 13.3. The number of benzene rings is 1. The molecule has 0 aliphatic carbocycles. The maximum Gasteiger partial charge on any atom is 0.420 e. The zero-order valence-electron chi connectivity index (χ0n) is 9.52. The summed E-state index contributed by atoms with van der Waals surface area (Å²) in [4.78, 5) is 0. The Balaban J connectivity index is 2.40. The van der Waals surface area contributed by atoms with E-state index in [1.165, 1.54) is 0 Å². The molecule has 1 aliphatic heterocycles. The van der Waals surface area contributed by atoms with Crippen molar-refractivity contribution in [1.29, 1.82) is 0 Å². The molecule has 0 spiro atoms. The molecule has 0 bridgehead atoms. The van der Waals surface area contributed by atoms with Crippen LogP contribution in [0.5, 0.6) is 5.75 Å². The van der Waals surface area contributed by atoms with Gasteiger partial charge in [0.05, 0.1) is 10.0 Å². The monoisotopic (exact) mass is 323 g/mol. The Labute approximate surface area is 111 Å². The zero-order valence-corrected chi connectivity index (χ0v) is 11.1. The number of hydrogen-bond donors (Lipinski definition) is 2. The van der Waals surface area contributed by atoms with Gasteiger partial charge in [-0.3, -0.25) is 0 Å². The van der Waals surface area contributed by atoms with Crippen molar-refractivity contribution in [3.63, 3.8) is 0 Å². The largest absolute Gasteiger partial charge is 0.506 e. The van der Waals surface area contributed by atoms with Gasteiger partial charge >= 0.3 is 6.18 Å². The summed E-state index contributed by atoms with van der Waals surface area (Å²) in [6.07, 6.45) is -1.69. The highest BCUT2D eigenvalue weighted by Gasteiger charge is 2.35. The van der Waals surface area contributed by atoms with Crippen LogP contribution >= 0.6 is 15.9 Å². The Morgan fingerprint density at radius 1 is 1.28 bits per heavy atom. The van der Waals surface area contributed by atoms with Crippen LogP contribution in [-0.2, 0) is 6.18 Å². The van der Waals surface area contributed by atoms with Gasteiger partial charge in [0.25, 0.3) is 0 Å². The molecule has 1 aliphatic rings. The minimum atomic E-state index is -4.54. The van der Waals surface area contributed by atoms with Gasteiger partial charge < -0.3 is 10.4 Å². The van der Waals surface area contributed by atoms with E-state index >= 15 is 0 Å². The van der Waals surface area contributed by atoms with Crippen molar-refractivity contribution < 1.29 is 18.3 Å². The number of rotatable bonds is 1. The van der Waals surface area contributed by atoms with Crippen LogP contribution in [0.25, 0.3) is 0 Å². The number of phenolic OH excluding ortho intramolecular Hbond substituents is 1. The molecule has 1 unspecified atom stereocenters. The number of piperidine rings is 1. The van der Waals surface area contributed by atoms with Crippen LogP contribution < -0.4 is 5.32 Å². The molecular weight excluding hydrogens is 311 g/mol. The topological polar surface area (TPSA) is 32.3 Å². The van der Waals surface area contributed by atoms with Crippen LogP contribution in [0.3, 0.4) is 0 Å². The Bertz CT molecular complexity index is 442. The predicted molar refractivity (Wildman–Crippen MR) is 65.4 cm³/mol. The number of halogens is 4. The maximum atomic E-state index is 12.8. The molecule has 1 aromatic rings. The lowest BCUT2D eigenvalue weighted by Gasteiger charge is -2.25. The molecule has 0 amide bonds. The van der Waals surface area contributed by atoms with Crippen molar-refractivity contribution in [3.05, 3.63) is 27.7 Å². The molecule has 1 aromatic carbocycles. The number of nitrogens with one attached hydrogen (secondary N) is 1. The molecule has 6 heteroatoms. The average Bonchev–Trinajstić information content (AvgIpc) is 2.32. The predicted octanol–water partition coefficient (Wildman–Crippen LogP) is 3.99. The second-order valence-corrected chi connectivity index (χ2v) is 5.25. The number of phenols is 1. The number of hydrogen-bond acceptors (Lipinski definition) is 2. The van der Waals surface area contributed by atoms with E-state index in [0.29, 0.717) is 5.56 Å². The van der Waals surface area contributed by atoms with E-state index in [-0.39, 0.29) is 10.5 Å². The van der Waals surface area contributed by atoms with Gasteiger partial charge in [-0.15, -0.1) is 0 Å². The van der Waals surface area contributed by atoms with Crippen molar-refractivity contribution in [2.24, 2.45) is 0 Å². The van der Waals surface area contributed by atoms with Crippen molar-refractivity contribution >= 4 is 15.9 Å². The third-order valence-electron chi connectivity index (χ3n) is 3.10. The van der Waals surface area contributed by atoms with Gasteiger partial charge in [0, 0.05) is 6.04 Å². The molecule has 1 heterocycles. The summed E-state index contributed by atoms with van der Waals surface area (Å²) >= 11 is 2.98. The van der Waals surface area contributed by atoms with Crippen LogP contribution in [0.4, 0.5) is 13.2 Å². The third-order valence-corrected chi connectivity index (χ3v) is 3.71. The van der Waals surface area contributed by atoms with E-state index in [9.17, 15) is 18.3 Å². The molecule has 2 N–H and O–H groups in total. The smallest absolute Gasteiger partial charge is 0.420 e. The first-order valence-electron chi connectivity index (χ1n) is 5.72. The standard InChI is InChI=1S/C12H13BrF3NO/c13-9-6-7(10-3-1-2-4-17-10)5-8(11(9)18)12(14,15)16/h5-6,10,17-18H,1-4H2. The van der Waals surface area contributed by atoms with E-state index in [1.54, 1.807) is 6.07 Å². The van der Waals surface area contributed by atoms with Gasteiger partial charge in [-0.1, -0.05) is 6.42 Å². The Hall–Kier alpha value is -0.750. The van der Waals surface area contributed by atoms with Crippen molar-refractivity contribution in [2.45, 2.75) is 31.5 Å². The minimum Gasteiger partial charge on any atom is -0.506 e. The second-order valence-electron chi connectivity index (χ2n) is 4.40. The van der Waals surface area contributed by atoms with Gasteiger partial charge in [0.2, 0.25) is 0 Å². The SMILES string of the molecule is Oc1c(Br)cc(C2CCCCN2)cc1C(F)(F)F. The van der Waals surface area contributed by atoms with Gasteiger partial charge in [-0.25, -0.2) is 0 Å². The summed E-state index contributed by atoms with van der Waals surface area (Å²) < 4.78 is 38.4. The van der Waals surface area contributed by atoms with E-state index in [0.717, 1.165) is 31.9 Å². The molecule has 2 rings (SSSR count). The summed E-state index contributed by atoms with van der Waals surface area (Å²) in [7, 11) is 0. The molecule has 0 aromatic heterocycles. The van der Waals surface area contributed by atoms with Crippen LogP contribution in [0.1, 0.15) is 36.4 Å². The van der Waals surface area contributed by atoms with Crippen molar-refractivity contribution in [2.75, 3.05) is 6.54 Å². The van der Waals surface area contributed by atoms with Gasteiger partial charge in [0.1, 0.15) is 5.75 Å². The van der Waals surface area contributed by atoms with Crippen LogP contribution in [-0.4, -0.2) is 11.7 Å². The third kappa shape index (κ3) is 2.80. The molecule has 1 saturated heterocycles. The molecule has 100 valence electrons. The highest BCUT2D eigenvalue weighted by molar-refractivity contribution is 9.10. The fourth-order valence-electron chi connectivity index (χ4n) is 2.17. The van der Waals surface area contributed by atoms with Crippen molar-refractivity contribution in [3.8, 4) is 5.75 Å². The van der Waals surface area contributed by atoms with E-state index < -0.39 is 17.5 Å². The molecule has 1 atom stereocenters. The summed E-state index contributed by atoms with van der Waals surface area (Å²) in [5.74, 6) is -0.748. The molecule has 1 fully saturated rings. The Morgan fingerprint density at radius 3 is 2.56 bits per heavy atom. The van der Waals surface area contributed by atoms with Crippen molar-refractivity contribution in [1.82, 2.24) is 5.32 Å². The fourth-order valence-corrected chi connectivity index (χ4v) is 2.65. The second kappa shape index (κ2) is 5.09. The molecular formula is C12H13BrF3NO. The minimum absolute atomic E-state index is 0.0725.